The Hall–Kier alpha value is -1.56. The standard InChI is InChI=1S/C13H16BrNO4/c1-8-3-4-11(10(14)7-8)19-9(2)13(18)15-6-5-12(16)17/h3-4,7,9H,5-6H2,1-2H3,(H,15,18)(H,16,17). The van der Waals surface area contributed by atoms with E-state index in [-0.39, 0.29) is 18.9 Å². The number of nitrogens with one attached hydrogen (secondary N) is 1. The van der Waals surface area contributed by atoms with Gasteiger partial charge in [-0.05, 0) is 47.5 Å². The third-order valence-electron chi connectivity index (χ3n) is 2.40. The zero-order chi connectivity index (χ0) is 14.4. The Morgan fingerprint density at radius 3 is 2.74 bits per heavy atom. The predicted octanol–water partition coefficient (Wildman–Crippen LogP) is 2.12. The lowest BCUT2D eigenvalue weighted by atomic mass is 10.2. The zero-order valence-electron chi connectivity index (χ0n) is 10.8. The first-order valence-electron chi connectivity index (χ1n) is 5.82. The molecule has 0 saturated heterocycles. The highest BCUT2D eigenvalue weighted by molar-refractivity contribution is 9.10. The first kappa shape index (κ1) is 15.5. The Morgan fingerprint density at radius 2 is 2.16 bits per heavy atom. The number of benzene rings is 1. The molecule has 0 aromatic heterocycles. The van der Waals surface area contributed by atoms with Crippen molar-refractivity contribution < 1.29 is 19.4 Å². The number of carboxylic acid groups (broad SMARTS) is 1. The number of aryl methyl sites for hydroxylation is 1. The fraction of sp³-hybridized carbons (Fsp3) is 0.385. The van der Waals surface area contributed by atoms with Crippen molar-refractivity contribution in [2.75, 3.05) is 6.54 Å². The molecule has 6 heteroatoms. The van der Waals surface area contributed by atoms with Crippen LogP contribution in [-0.2, 0) is 9.59 Å². The highest BCUT2D eigenvalue weighted by Crippen LogP contribution is 2.26. The number of amides is 1. The minimum Gasteiger partial charge on any atom is -0.481 e. The number of carbonyl (C=O) groups is 2. The lowest BCUT2D eigenvalue weighted by Crippen LogP contribution is -2.37. The third-order valence-corrected chi connectivity index (χ3v) is 3.02. The van der Waals surface area contributed by atoms with Crippen LogP contribution in [0.5, 0.6) is 5.75 Å². The van der Waals surface area contributed by atoms with Gasteiger partial charge in [0.25, 0.3) is 5.91 Å². The number of carboxylic acids is 1. The zero-order valence-corrected chi connectivity index (χ0v) is 12.4. The third kappa shape index (κ3) is 5.30. The minimum absolute atomic E-state index is 0.0942. The molecule has 0 saturated carbocycles. The minimum atomic E-state index is -0.949. The quantitative estimate of drug-likeness (QED) is 0.838. The maximum Gasteiger partial charge on any atom is 0.305 e. The average Bonchev–Trinajstić information content (AvgIpc) is 2.32. The van der Waals surface area contributed by atoms with Gasteiger partial charge < -0.3 is 15.2 Å². The van der Waals surface area contributed by atoms with Gasteiger partial charge >= 0.3 is 5.97 Å². The van der Waals surface area contributed by atoms with Crippen molar-refractivity contribution >= 4 is 27.8 Å². The van der Waals surface area contributed by atoms with E-state index in [0.29, 0.717) is 5.75 Å². The van der Waals surface area contributed by atoms with Crippen molar-refractivity contribution in [1.82, 2.24) is 5.32 Å². The summed E-state index contributed by atoms with van der Waals surface area (Å²) in [6.07, 6.45) is -0.792. The fourth-order valence-electron chi connectivity index (χ4n) is 1.38. The number of hydrogen-bond donors (Lipinski definition) is 2. The van der Waals surface area contributed by atoms with Gasteiger partial charge in [0.05, 0.1) is 10.9 Å². The van der Waals surface area contributed by atoms with Crippen LogP contribution in [0.3, 0.4) is 0 Å². The molecular weight excluding hydrogens is 314 g/mol. The van der Waals surface area contributed by atoms with E-state index in [1.807, 2.05) is 19.1 Å². The molecule has 0 aliphatic heterocycles. The summed E-state index contributed by atoms with van der Waals surface area (Å²) < 4.78 is 6.29. The number of halogens is 1. The van der Waals surface area contributed by atoms with Gasteiger partial charge in [-0.15, -0.1) is 0 Å². The highest BCUT2D eigenvalue weighted by Gasteiger charge is 2.15. The van der Waals surface area contributed by atoms with Gasteiger partial charge in [0.15, 0.2) is 6.10 Å². The van der Waals surface area contributed by atoms with E-state index in [1.165, 1.54) is 0 Å². The van der Waals surface area contributed by atoms with Gasteiger partial charge in [0.1, 0.15) is 5.75 Å². The van der Waals surface area contributed by atoms with E-state index >= 15 is 0 Å². The highest BCUT2D eigenvalue weighted by atomic mass is 79.9. The van der Waals surface area contributed by atoms with Crippen LogP contribution in [0.25, 0.3) is 0 Å². The monoisotopic (exact) mass is 329 g/mol. The van der Waals surface area contributed by atoms with Crippen molar-refractivity contribution in [1.29, 1.82) is 0 Å². The Bertz CT molecular complexity index is 476. The second-order valence-corrected chi connectivity index (χ2v) is 4.98. The van der Waals surface area contributed by atoms with E-state index in [9.17, 15) is 9.59 Å². The van der Waals surface area contributed by atoms with Crippen molar-refractivity contribution in [3.63, 3.8) is 0 Å². The molecule has 5 nitrogen and oxygen atoms in total. The summed E-state index contributed by atoms with van der Waals surface area (Å²) in [7, 11) is 0. The molecule has 1 aromatic carbocycles. The fourth-order valence-corrected chi connectivity index (χ4v) is 1.97. The van der Waals surface area contributed by atoms with Gasteiger partial charge in [-0.2, -0.15) is 0 Å². The van der Waals surface area contributed by atoms with E-state index in [2.05, 4.69) is 21.2 Å². The van der Waals surface area contributed by atoms with E-state index in [4.69, 9.17) is 9.84 Å². The van der Waals surface area contributed by atoms with E-state index in [1.54, 1.807) is 13.0 Å². The summed E-state index contributed by atoms with van der Waals surface area (Å²) in [6.45, 7) is 3.66. The summed E-state index contributed by atoms with van der Waals surface area (Å²) in [6, 6.07) is 5.56. The maximum absolute atomic E-state index is 11.7. The van der Waals surface area contributed by atoms with Gasteiger partial charge in [0, 0.05) is 6.54 Å². The van der Waals surface area contributed by atoms with Crippen LogP contribution in [0.15, 0.2) is 22.7 Å². The van der Waals surface area contributed by atoms with Crippen molar-refractivity contribution in [3.05, 3.63) is 28.2 Å². The predicted molar refractivity (Wildman–Crippen MR) is 74.2 cm³/mol. The van der Waals surface area contributed by atoms with Crippen LogP contribution >= 0.6 is 15.9 Å². The SMILES string of the molecule is Cc1ccc(OC(C)C(=O)NCCC(=O)O)c(Br)c1. The molecule has 0 aliphatic rings. The topological polar surface area (TPSA) is 75.6 Å². The van der Waals surface area contributed by atoms with E-state index < -0.39 is 12.1 Å². The molecule has 0 aliphatic carbocycles. The first-order chi connectivity index (χ1) is 8.90. The molecule has 1 aromatic rings. The number of ether oxygens (including phenoxy) is 1. The molecule has 0 spiro atoms. The molecular formula is C13H16BrNO4. The molecule has 0 fully saturated rings. The van der Waals surface area contributed by atoms with E-state index in [0.717, 1.165) is 10.0 Å². The Labute approximate surface area is 120 Å². The second-order valence-electron chi connectivity index (χ2n) is 4.13. The van der Waals surface area contributed by atoms with Gasteiger partial charge in [-0.3, -0.25) is 9.59 Å². The smallest absolute Gasteiger partial charge is 0.305 e. The van der Waals surface area contributed by atoms with Gasteiger partial charge in [0.2, 0.25) is 0 Å². The number of rotatable bonds is 6. The number of carbonyl (C=O) groups excluding carboxylic acids is 1. The molecule has 2 N–H and O–H groups in total. The van der Waals surface area contributed by atoms with Gasteiger partial charge in [-0.1, -0.05) is 6.07 Å². The van der Waals surface area contributed by atoms with Crippen LogP contribution in [-0.4, -0.2) is 29.6 Å². The molecule has 0 radical (unpaired) electrons. The van der Waals surface area contributed by atoms with Crippen molar-refractivity contribution in [3.8, 4) is 5.75 Å². The Kier molecular flexibility index (Phi) is 5.82. The largest absolute Gasteiger partial charge is 0.481 e. The molecule has 1 atom stereocenters. The lowest BCUT2D eigenvalue weighted by molar-refractivity contribution is -0.137. The molecule has 1 amide bonds. The van der Waals surface area contributed by atoms with Crippen LogP contribution in [0.4, 0.5) is 0 Å². The summed E-state index contributed by atoms with van der Waals surface area (Å²) in [5, 5.41) is 11.0. The molecule has 0 bridgehead atoms. The normalized spacial score (nSPS) is 11.7. The summed E-state index contributed by atoms with van der Waals surface area (Å²) >= 11 is 3.36. The molecule has 104 valence electrons. The summed E-state index contributed by atoms with van der Waals surface area (Å²) in [5.41, 5.74) is 1.08. The summed E-state index contributed by atoms with van der Waals surface area (Å²) in [4.78, 5) is 22.0. The van der Waals surface area contributed by atoms with Crippen LogP contribution in [0, 0.1) is 6.92 Å². The van der Waals surface area contributed by atoms with Crippen molar-refractivity contribution in [2.24, 2.45) is 0 Å². The van der Waals surface area contributed by atoms with Crippen LogP contribution in [0.2, 0.25) is 0 Å². The Balaban J connectivity index is 2.51. The van der Waals surface area contributed by atoms with Crippen molar-refractivity contribution in [2.45, 2.75) is 26.4 Å². The average molecular weight is 330 g/mol. The first-order valence-corrected chi connectivity index (χ1v) is 6.61. The molecule has 0 heterocycles. The molecule has 19 heavy (non-hydrogen) atoms. The van der Waals surface area contributed by atoms with Gasteiger partial charge in [-0.25, -0.2) is 0 Å². The Morgan fingerprint density at radius 1 is 1.47 bits per heavy atom. The second kappa shape index (κ2) is 7.13. The number of hydrogen-bond acceptors (Lipinski definition) is 3. The summed E-state index contributed by atoms with van der Waals surface area (Å²) in [5.74, 6) is -0.713. The molecule has 1 rings (SSSR count). The number of aliphatic carboxylic acids is 1. The van der Waals surface area contributed by atoms with Crippen LogP contribution < -0.4 is 10.1 Å². The molecule has 1 unspecified atom stereocenters. The lowest BCUT2D eigenvalue weighted by Gasteiger charge is -2.15. The maximum atomic E-state index is 11.7. The van der Waals surface area contributed by atoms with Crippen LogP contribution in [0.1, 0.15) is 18.9 Å².